The summed E-state index contributed by atoms with van der Waals surface area (Å²) in [5.74, 6) is 1.06. The number of carbonyl (C=O) groups is 4. The first-order valence-corrected chi connectivity index (χ1v) is 22.1. The molecule has 3 fully saturated rings. The average Bonchev–Trinajstić information content (AvgIpc) is 4.12. The van der Waals surface area contributed by atoms with Gasteiger partial charge in [-0.3, -0.25) is 9.59 Å². The summed E-state index contributed by atoms with van der Waals surface area (Å²) in [7, 11) is 2.61. The van der Waals surface area contributed by atoms with E-state index in [-0.39, 0.29) is 41.1 Å². The number of nitrogens with zero attached hydrogens (tertiary/aromatic N) is 4. The van der Waals surface area contributed by atoms with Gasteiger partial charge in [0, 0.05) is 18.7 Å². The molecule has 2 aliphatic carbocycles. The fraction of sp³-hybridized carbons (Fsp3) is 0.532. The Morgan fingerprint density at radius 3 is 1.62 bits per heavy atom. The van der Waals surface area contributed by atoms with Gasteiger partial charge in [-0.1, -0.05) is 76.9 Å². The van der Waals surface area contributed by atoms with Gasteiger partial charge in [0.1, 0.15) is 23.7 Å². The summed E-state index contributed by atoms with van der Waals surface area (Å²) in [6.45, 7) is 8.88. The van der Waals surface area contributed by atoms with Crippen LogP contribution in [-0.2, 0) is 31.9 Å². The average molecular weight is 833 g/mol. The predicted molar refractivity (Wildman–Crippen MR) is 231 cm³/mol. The number of fused-ring (bicyclic) bond motifs is 1. The molecule has 14 heteroatoms. The van der Waals surface area contributed by atoms with Gasteiger partial charge in [0.2, 0.25) is 11.8 Å². The Hall–Kier alpha value is -5.66. The van der Waals surface area contributed by atoms with E-state index in [0.717, 1.165) is 72.7 Å². The number of aromatic amines is 2. The first kappa shape index (κ1) is 42.0. The molecule has 14 nitrogen and oxygen atoms in total. The van der Waals surface area contributed by atoms with Gasteiger partial charge in [0.25, 0.3) is 0 Å². The van der Waals surface area contributed by atoms with Crippen molar-refractivity contribution >= 4 is 24.0 Å². The SMILES string of the molecule is COC(=O)N[C@H](C(=O)N1CCCC1c1ncc(-c2ccc(-c3ccc(-c4cnc([C@@H]5CCCN5C(=O)[C@@H](NC(=O)OC)C(C)C)[nH]4)cc3)c3c2CC2(CCCC2)C3)[nH]1)C(C)C. The maximum Gasteiger partial charge on any atom is 0.407 e. The van der Waals surface area contributed by atoms with Crippen LogP contribution >= 0.6 is 0 Å². The van der Waals surface area contributed by atoms with Gasteiger partial charge < -0.3 is 39.9 Å². The van der Waals surface area contributed by atoms with E-state index in [4.69, 9.17) is 19.4 Å². The number of nitrogens with one attached hydrogen (secondary N) is 4. The molecule has 8 rings (SSSR count). The summed E-state index contributed by atoms with van der Waals surface area (Å²) < 4.78 is 9.62. The molecule has 0 radical (unpaired) electrons. The molecule has 0 bridgehead atoms. The first-order valence-electron chi connectivity index (χ1n) is 22.1. The van der Waals surface area contributed by atoms with E-state index in [9.17, 15) is 19.2 Å². The number of methoxy groups -OCH3 is 2. The second-order valence-corrected chi connectivity index (χ2v) is 18.2. The van der Waals surface area contributed by atoms with Crippen LogP contribution in [0.15, 0.2) is 48.8 Å². The molecule has 2 aromatic heterocycles. The van der Waals surface area contributed by atoms with Gasteiger partial charge in [0.05, 0.1) is 50.1 Å². The molecule has 4 N–H and O–H groups in total. The monoisotopic (exact) mass is 832 g/mol. The van der Waals surface area contributed by atoms with Crippen LogP contribution in [0.25, 0.3) is 33.6 Å². The van der Waals surface area contributed by atoms with Crippen LogP contribution in [0.2, 0.25) is 0 Å². The van der Waals surface area contributed by atoms with Crippen molar-refractivity contribution in [3.63, 3.8) is 0 Å². The second-order valence-electron chi connectivity index (χ2n) is 18.2. The molecule has 4 atom stereocenters. The van der Waals surface area contributed by atoms with E-state index in [1.165, 1.54) is 62.2 Å². The van der Waals surface area contributed by atoms with Crippen molar-refractivity contribution in [1.82, 2.24) is 40.4 Å². The summed E-state index contributed by atoms with van der Waals surface area (Å²) >= 11 is 0. The van der Waals surface area contributed by atoms with Crippen LogP contribution in [0, 0.1) is 17.3 Å². The summed E-state index contributed by atoms with van der Waals surface area (Å²) in [5, 5.41) is 5.46. The van der Waals surface area contributed by atoms with Gasteiger partial charge in [-0.25, -0.2) is 19.6 Å². The van der Waals surface area contributed by atoms with Crippen molar-refractivity contribution in [3.05, 3.63) is 71.6 Å². The number of aromatic nitrogens is 4. The number of amides is 4. The van der Waals surface area contributed by atoms with Crippen molar-refractivity contribution in [2.45, 2.75) is 116 Å². The molecule has 324 valence electrons. The van der Waals surface area contributed by atoms with Gasteiger partial charge in [-0.2, -0.15) is 0 Å². The van der Waals surface area contributed by atoms with E-state index < -0.39 is 24.3 Å². The number of rotatable bonds is 11. The highest BCUT2D eigenvalue weighted by atomic mass is 16.5. The molecule has 4 aliphatic rings. The fourth-order valence-corrected chi connectivity index (χ4v) is 10.4. The first-order chi connectivity index (χ1) is 29.4. The fourth-order valence-electron chi connectivity index (χ4n) is 10.4. The normalized spacial score (nSPS) is 20.3. The third-order valence-electron chi connectivity index (χ3n) is 13.7. The molecule has 1 unspecified atom stereocenters. The zero-order valence-electron chi connectivity index (χ0n) is 36.3. The third kappa shape index (κ3) is 8.25. The summed E-state index contributed by atoms with van der Waals surface area (Å²) in [4.78, 5) is 72.1. The molecular weight excluding hydrogens is 773 g/mol. The molecular formula is C47H60N8O6. The van der Waals surface area contributed by atoms with Gasteiger partial charge in [-0.15, -0.1) is 0 Å². The zero-order valence-corrected chi connectivity index (χ0v) is 36.3. The van der Waals surface area contributed by atoms with Crippen LogP contribution < -0.4 is 10.6 Å². The van der Waals surface area contributed by atoms with E-state index in [0.29, 0.717) is 13.1 Å². The summed E-state index contributed by atoms with van der Waals surface area (Å²) in [5.41, 5.74) is 9.52. The van der Waals surface area contributed by atoms with E-state index in [2.05, 4.69) is 57.0 Å². The number of carbonyl (C=O) groups excluding carboxylic acids is 4. The Morgan fingerprint density at radius 2 is 1.11 bits per heavy atom. The smallest absolute Gasteiger partial charge is 0.407 e. The highest BCUT2D eigenvalue weighted by Crippen LogP contribution is 2.53. The van der Waals surface area contributed by atoms with E-state index >= 15 is 0 Å². The highest BCUT2D eigenvalue weighted by molar-refractivity contribution is 5.87. The molecule has 2 aromatic carbocycles. The minimum atomic E-state index is -0.687. The van der Waals surface area contributed by atoms with Crippen LogP contribution in [0.1, 0.15) is 114 Å². The Labute approximate surface area is 358 Å². The second kappa shape index (κ2) is 17.4. The minimum Gasteiger partial charge on any atom is -0.453 e. The van der Waals surface area contributed by atoms with Crippen LogP contribution in [0.5, 0.6) is 0 Å². The lowest BCUT2D eigenvalue weighted by Crippen LogP contribution is -2.51. The van der Waals surface area contributed by atoms with Gasteiger partial charge >= 0.3 is 12.2 Å². The number of imidazole rings is 2. The quantitative estimate of drug-likeness (QED) is 0.118. The van der Waals surface area contributed by atoms with Crippen molar-refractivity contribution in [2.24, 2.45) is 17.3 Å². The molecule has 1 spiro atoms. The Morgan fingerprint density at radius 1 is 0.656 bits per heavy atom. The Kier molecular flexibility index (Phi) is 12.0. The standard InChI is InChI=1S/C47H60N8O6/c1-27(2)39(52-45(58)60-5)43(56)54-21-9-11-37(54)41-48-25-35(50-41)30-15-13-29(14-16-30)31-17-18-32(34-24-47(23-33(31)34)19-7-8-20-47)36-26-49-42(51-36)38-12-10-22-55(38)44(57)40(28(3)4)53-46(59)61-6/h13-18,25-28,37-40H,7-12,19-24H2,1-6H3,(H,48,50)(H,49,51)(H,52,58)(H,53,59)/t37-,38?,39-,40-/m0/s1. The zero-order chi connectivity index (χ0) is 43.0. The molecule has 2 saturated heterocycles. The van der Waals surface area contributed by atoms with Gasteiger partial charge in [0.15, 0.2) is 0 Å². The van der Waals surface area contributed by atoms with Crippen LogP contribution in [-0.4, -0.2) is 93.1 Å². The number of hydrogen-bond acceptors (Lipinski definition) is 8. The lowest BCUT2D eigenvalue weighted by molar-refractivity contribution is -0.136. The largest absolute Gasteiger partial charge is 0.453 e. The summed E-state index contributed by atoms with van der Waals surface area (Å²) in [6, 6.07) is 11.4. The number of hydrogen-bond donors (Lipinski definition) is 4. The maximum absolute atomic E-state index is 13.8. The minimum absolute atomic E-state index is 0.104. The van der Waals surface area contributed by atoms with Crippen LogP contribution in [0.4, 0.5) is 9.59 Å². The lowest BCUT2D eigenvalue weighted by atomic mass is 9.82. The molecule has 1 saturated carbocycles. The Balaban J connectivity index is 1.03. The van der Waals surface area contributed by atoms with Crippen molar-refractivity contribution < 1.29 is 28.7 Å². The number of H-pyrrole nitrogens is 2. The van der Waals surface area contributed by atoms with E-state index in [1.54, 1.807) is 0 Å². The lowest BCUT2D eigenvalue weighted by Gasteiger charge is -2.30. The van der Waals surface area contributed by atoms with Crippen molar-refractivity contribution in [2.75, 3.05) is 27.3 Å². The Bertz CT molecular complexity index is 2260. The molecule has 4 amide bonds. The van der Waals surface area contributed by atoms with Crippen molar-refractivity contribution in [3.8, 4) is 33.6 Å². The van der Waals surface area contributed by atoms with Gasteiger partial charge in [-0.05, 0) is 96.4 Å². The highest BCUT2D eigenvalue weighted by Gasteiger charge is 2.43. The molecule has 2 aliphatic heterocycles. The maximum atomic E-state index is 13.8. The predicted octanol–water partition coefficient (Wildman–Crippen LogP) is 7.88. The molecule has 4 aromatic rings. The number of alkyl carbamates (subject to hydrolysis) is 2. The van der Waals surface area contributed by atoms with Crippen LogP contribution in [0.3, 0.4) is 0 Å². The molecule has 4 heterocycles. The van der Waals surface area contributed by atoms with Crippen molar-refractivity contribution in [1.29, 1.82) is 0 Å². The molecule has 61 heavy (non-hydrogen) atoms. The number of likely N-dealkylation sites (tertiary alicyclic amines) is 2. The topological polar surface area (TPSA) is 175 Å². The number of benzene rings is 2. The third-order valence-corrected chi connectivity index (χ3v) is 13.7. The number of ether oxygens (including phenoxy) is 2. The summed E-state index contributed by atoms with van der Waals surface area (Å²) in [6.07, 6.45) is 12.9. The van der Waals surface area contributed by atoms with E-state index in [1.807, 2.05) is 49.9 Å².